The molecule has 0 saturated heterocycles. The summed E-state index contributed by atoms with van der Waals surface area (Å²) in [4.78, 5) is 13.4. The SMILES string of the molecule is CCN(CC)CCCC(CCNC)=C(C)C(=O)O. The lowest BCUT2D eigenvalue weighted by molar-refractivity contribution is -0.132. The molecule has 0 spiro atoms. The van der Waals surface area contributed by atoms with Crippen molar-refractivity contribution in [2.45, 2.75) is 40.0 Å². The standard InChI is InChI=1S/C14H28N2O2/c1-5-16(6-2)11-7-8-13(9-10-15-4)12(3)14(17)18/h15H,5-11H2,1-4H3,(H,17,18). The smallest absolute Gasteiger partial charge is 0.331 e. The third-order valence-corrected chi connectivity index (χ3v) is 3.38. The van der Waals surface area contributed by atoms with Crippen molar-refractivity contribution in [2.75, 3.05) is 33.2 Å². The van der Waals surface area contributed by atoms with Gasteiger partial charge in [0.25, 0.3) is 0 Å². The molecule has 0 aromatic carbocycles. The molecular weight excluding hydrogens is 228 g/mol. The van der Waals surface area contributed by atoms with Gasteiger partial charge in [-0.05, 0) is 59.4 Å². The van der Waals surface area contributed by atoms with Gasteiger partial charge in [-0.3, -0.25) is 0 Å². The van der Waals surface area contributed by atoms with Crippen molar-refractivity contribution in [3.05, 3.63) is 11.1 Å². The van der Waals surface area contributed by atoms with Crippen molar-refractivity contribution >= 4 is 5.97 Å². The highest BCUT2D eigenvalue weighted by Crippen LogP contribution is 2.15. The number of carbonyl (C=O) groups is 1. The minimum absolute atomic E-state index is 0.518. The Bertz CT molecular complexity index is 271. The summed E-state index contributed by atoms with van der Waals surface area (Å²) in [7, 11) is 1.89. The van der Waals surface area contributed by atoms with Gasteiger partial charge in [0.2, 0.25) is 0 Å². The highest BCUT2D eigenvalue weighted by atomic mass is 16.4. The summed E-state index contributed by atoms with van der Waals surface area (Å²) in [6.45, 7) is 10.0. The molecule has 0 aliphatic heterocycles. The number of rotatable bonds is 10. The van der Waals surface area contributed by atoms with Gasteiger partial charge in [-0.2, -0.15) is 0 Å². The van der Waals surface area contributed by atoms with Gasteiger partial charge in [-0.15, -0.1) is 0 Å². The lowest BCUT2D eigenvalue weighted by Gasteiger charge is -2.18. The molecule has 0 amide bonds. The normalized spacial score (nSPS) is 12.7. The molecule has 0 bridgehead atoms. The highest BCUT2D eigenvalue weighted by Gasteiger charge is 2.09. The van der Waals surface area contributed by atoms with Gasteiger partial charge >= 0.3 is 5.97 Å². The number of carboxylic acid groups (broad SMARTS) is 1. The topological polar surface area (TPSA) is 52.6 Å². The maximum absolute atomic E-state index is 11.0. The fraction of sp³-hybridized carbons (Fsp3) is 0.786. The maximum Gasteiger partial charge on any atom is 0.331 e. The van der Waals surface area contributed by atoms with E-state index >= 15 is 0 Å². The monoisotopic (exact) mass is 256 g/mol. The van der Waals surface area contributed by atoms with Crippen LogP contribution in [0.4, 0.5) is 0 Å². The zero-order valence-electron chi connectivity index (χ0n) is 12.3. The third kappa shape index (κ3) is 6.77. The van der Waals surface area contributed by atoms with Gasteiger partial charge in [0.1, 0.15) is 0 Å². The van der Waals surface area contributed by atoms with Crippen LogP contribution in [0.3, 0.4) is 0 Å². The van der Waals surface area contributed by atoms with Crippen LogP contribution in [0.2, 0.25) is 0 Å². The number of aliphatic carboxylic acids is 1. The van der Waals surface area contributed by atoms with Crippen LogP contribution >= 0.6 is 0 Å². The Hall–Kier alpha value is -0.870. The second-order valence-electron chi connectivity index (χ2n) is 4.52. The van der Waals surface area contributed by atoms with E-state index in [1.54, 1.807) is 6.92 Å². The van der Waals surface area contributed by atoms with Gasteiger partial charge in [-0.1, -0.05) is 19.4 Å². The average Bonchev–Trinajstić information content (AvgIpc) is 2.37. The van der Waals surface area contributed by atoms with Crippen LogP contribution in [0.15, 0.2) is 11.1 Å². The van der Waals surface area contributed by atoms with E-state index in [9.17, 15) is 4.79 Å². The maximum atomic E-state index is 11.0. The van der Waals surface area contributed by atoms with E-state index in [-0.39, 0.29) is 0 Å². The molecule has 0 aliphatic carbocycles. The summed E-state index contributed by atoms with van der Waals surface area (Å²) >= 11 is 0. The Labute approximate surface area is 111 Å². The van der Waals surface area contributed by atoms with Crippen molar-refractivity contribution in [3.63, 3.8) is 0 Å². The second-order valence-corrected chi connectivity index (χ2v) is 4.52. The number of nitrogens with zero attached hydrogens (tertiary/aromatic N) is 1. The van der Waals surface area contributed by atoms with Crippen molar-refractivity contribution in [1.82, 2.24) is 10.2 Å². The Morgan fingerprint density at radius 1 is 1.22 bits per heavy atom. The molecule has 0 aromatic heterocycles. The molecule has 4 heteroatoms. The van der Waals surface area contributed by atoms with Crippen LogP contribution in [-0.4, -0.2) is 49.2 Å². The van der Waals surface area contributed by atoms with Crippen molar-refractivity contribution < 1.29 is 9.90 Å². The first-order valence-corrected chi connectivity index (χ1v) is 6.85. The zero-order chi connectivity index (χ0) is 14.0. The first-order valence-electron chi connectivity index (χ1n) is 6.85. The minimum Gasteiger partial charge on any atom is -0.478 e. The Morgan fingerprint density at radius 3 is 2.28 bits per heavy atom. The zero-order valence-corrected chi connectivity index (χ0v) is 12.3. The van der Waals surface area contributed by atoms with Crippen molar-refractivity contribution in [3.8, 4) is 0 Å². The van der Waals surface area contributed by atoms with Gasteiger partial charge in [0, 0.05) is 5.57 Å². The quantitative estimate of drug-likeness (QED) is 0.588. The molecule has 0 aliphatic rings. The van der Waals surface area contributed by atoms with E-state index in [4.69, 9.17) is 5.11 Å². The summed E-state index contributed by atoms with van der Waals surface area (Å²) in [6.07, 6.45) is 2.74. The van der Waals surface area contributed by atoms with E-state index in [2.05, 4.69) is 24.1 Å². The van der Waals surface area contributed by atoms with Crippen LogP contribution in [0.25, 0.3) is 0 Å². The molecule has 2 N–H and O–H groups in total. The van der Waals surface area contributed by atoms with E-state index < -0.39 is 5.97 Å². The summed E-state index contributed by atoms with van der Waals surface area (Å²) in [5, 5.41) is 12.1. The third-order valence-electron chi connectivity index (χ3n) is 3.38. The molecule has 4 nitrogen and oxygen atoms in total. The van der Waals surface area contributed by atoms with Gasteiger partial charge in [-0.25, -0.2) is 4.79 Å². The van der Waals surface area contributed by atoms with Gasteiger partial charge in [0.15, 0.2) is 0 Å². The molecule has 0 unspecified atom stereocenters. The van der Waals surface area contributed by atoms with Crippen LogP contribution in [0.1, 0.15) is 40.0 Å². The first-order chi connectivity index (χ1) is 8.56. The highest BCUT2D eigenvalue weighted by molar-refractivity contribution is 5.86. The summed E-state index contributed by atoms with van der Waals surface area (Å²) in [5.74, 6) is -0.788. The minimum atomic E-state index is -0.788. The predicted molar refractivity (Wildman–Crippen MR) is 75.9 cm³/mol. The molecular formula is C14H28N2O2. The predicted octanol–water partition coefficient (Wildman–Crippen LogP) is 2.12. The number of carboxylic acids is 1. The molecule has 0 fully saturated rings. The van der Waals surface area contributed by atoms with E-state index in [0.29, 0.717) is 5.57 Å². The number of hydrogen-bond donors (Lipinski definition) is 2. The molecule has 106 valence electrons. The fourth-order valence-corrected chi connectivity index (χ4v) is 1.98. The fourth-order valence-electron chi connectivity index (χ4n) is 1.98. The second kappa shape index (κ2) is 10.1. The van der Waals surface area contributed by atoms with Crippen molar-refractivity contribution in [1.29, 1.82) is 0 Å². The lowest BCUT2D eigenvalue weighted by atomic mass is 10.0. The summed E-state index contributed by atoms with van der Waals surface area (Å²) < 4.78 is 0. The molecule has 0 rings (SSSR count). The van der Waals surface area contributed by atoms with Crippen LogP contribution in [-0.2, 0) is 4.79 Å². The van der Waals surface area contributed by atoms with Gasteiger partial charge < -0.3 is 15.3 Å². The lowest BCUT2D eigenvalue weighted by Crippen LogP contribution is -2.24. The number of nitrogens with one attached hydrogen (secondary N) is 1. The average molecular weight is 256 g/mol. The molecule has 0 aromatic rings. The largest absolute Gasteiger partial charge is 0.478 e. The van der Waals surface area contributed by atoms with Crippen LogP contribution in [0.5, 0.6) is 0 Å². The number of hydrogen-bond acceptors (Lipinski definition) is 3. The molecule has 18 heavy (non-hydrogen) atoms. The summed E-state index contributed by atoms with van der Waals surface area (Å²) in [5.41, 5.74) is 1.59. The molecule has 0 heterocycles. The summed E-state index contributed by atoms with van der Waals surface area (Å²) in [6, 6.07) is 0. The first kappa shape index (κ1) is 17.1. The van der Waals surface area contributed by atoms with E-state index in [1.807, 2.05) is 7.05 Å². The Balaban J connectivity index is 4.34. The van der Waals surface area contributed by atoms with Crippen molar-refractivity contribution in [2.24, 2.45) is 0 Å². The van der Waals surface area contributed by atoms with Gasteiger partial charge in [0.05, 0.1) is 0 Å². The Morgan fingerprint density at radius 2 is 1.83 bits per heavy atom. The van der Waals surface area contributed by atoms with E-state index in [1.165, 1.54) is 0 Å². The molecule has 0 saturated carbocycles. The molecule has 0 radical (unpaired) electrons. The van der Waals surface area contributed by atoms with Crippen LogP contribution < -0.4 is 5.32 Å². The Kier molecular flexibility index (Phi) is 9.60. The molecule has 0 atom stereocenters. The van der Waals surface area contributed by atoms with Crippen LogP contribution in [0, 0.1) is 0 Å². The van der Waals surface area contributed by atoms with E-state index in [0.717, 1.165) is 51.0 Å².